The molecule has 1 aromatic carbocycles. The molecule has 1 heterocycles. The molecule has 0 amide bonds. The molecule has 1 aromatic rings. The summed E-state index contributed by atoms with van der Waals surface area (Å²) in [4.78, 5) is 2.37. The molecule has 70 valence electrons. The third kappa shape index (κ3) is 0.995. The third-order valence-electron chi connectivity index (χ3n) is 3.60. The Kier molecular flexibility index (Phi) is 1.66. The highest BCUT2D eigenvalue weighted by molar-refractivity contribution is 5.62. The Morgan fingerprint density at radius 1 is 1.23 bits per heavy atom. The predicted molar refractivity (Wildman–Crippen MR) is 57.3 cm³/mol. The summed E-state index contributed by atoms with van der Waals surface area (Å²) in [5.41, 5.74) is 3.15. The standard InChI is InChI=1S/C12H17N/c1-9-12(2,3)10-7-5-6-8-11(10)13(9)4/h5-9H,1-4H3/t9-/m0/s1. The number of benzene rings is 1. The van der Waals surface area contributed by atoms with Crippen molar-refractivity contribution in [2.24, 2.45) is 0 Å². The van der Waals surface area contributed by atoms with Gasteiger partial charge in [-0.1, -0.05) is 32.0 Å². The maximum atomic E-state index is 2.37. The fourth-order valence-electron chi connectivity index (χ4n) is 2.24. The van der Waals surface area contributed by atoms with Crippen LogP contribution in [0.2, 0.25) is 0 Å². The minimum Gasteiger partial charge on any atom is -0.371 e. The number of likely N-dealkylation sites (N-methyl/N-ethyl adjacent to an activating group) is 1. The van der Waals surface area contributed by atoms with Gasteiger partial charge in [-0.3, -0.25) is 0 Å². The summed E-state index contributed by atoms with van der Waals surface area (Å²) in [7, 11) is 2.18. The molecule has 0 saturated carbocycles. The van der Waals surface area contributed by atoms with Gasteiger partial charge in [-0.2, -0.15) is 0 Å². The van der Waals surface area contributed by atoms with Crippen LogP contribution in [0.4, 0.5) is 5.69 Å². The molecular formula is C12H17N. The zero-order valence-corrected chi connectivity index (χ0v) is 8.83. The van der Waals surface area contributed by atoms with Gasteiger partial charge in [0.2, 0.25) is 0 Å². The molecule has 0 fully saturated rings. The Bertz CT molecular complexity index is 328. The van der Waals surface area contributed by atoms with Gasteiger partial charge >= 0.3 is 0 Å². The van der Waals surface area contributed by atoms with Gasteiger partial charge in [0, 0.05) is 24.2 Å². The van der Waals surface area contributed by atoms with E-state index in [1.54, 1.807) is 0 Å². The van der Waals surface area contributed by atoms with Gasteiger partial charge < -0.3 is 4.90 Å². The van der Waals surface area contributed by atoms with Crippen LogP contribution in [0.1, 0.15) is 26.3 Å². The lowest BCUT2D eigenvalue weighted by Crippen LogP contribution is -2.36. The minimum atomic E-state index is 0.283. The Balaban J connectivity index is 2.61. The highest BCUT2D eigenvalue weighted by Gasteiger charge is 2.39. The van der Waals surface area contributed by atoms with E-state index in [0.29, 0.717) is 6.04 Å². The molecule has 0 aliphatic carbocycles. The first-order chi connectivity index (χ1) is 6.05. The number of hydrogen-bond acceptors (Lipinski definition) is 1. The van der Waals surface area contributed by atoms with E-state index < -0.39 is 0 Å². The van der Waals surface area contributed by atoms with Crippen molar-refractivity contribution >= 4 is 5.69 Å². The van der Waals surface area contributed by atoms with Crippen LogP contribution in [0, 0.1) is 0 Å². The summed E-state index contributed by atoms with van der Waals surface area (Å²) in [5.74, 6) is 0. The largest absolute Gasteiger partial charge is 0.371 e. The molecule has 0 aromatic heterocycles. The minimum absolute atomic E-state index is 0.283. The van der Waals surface area contributed by atoms with Crippen LogP contribution in [0.25, 0.3) is 0 Å². The Morgan fingerprint density at radius 3 is 2.46 bits per heavy atom. The molecule has 1 atom stereocenters. The molecule has 1 heteroatoms. The van der Waals surface area contributed by atoms with Crippen LogP contribution in [0.3, 0.4) is 0 Å². The van der Waals surface area contributed by atoms with E-state index in [-0.39, 0.29) is 5.41 Å². The second-order valence-corrected chi connectivity index (χ2v) is 4.53. The average Bonchev–Trinajstić information content (AvgIpc) is 2.30. The maximum Gasteiger partial charge on any atom is 0.0405 e. The van der Waals surface area contributed by atoms with Gasteiger partial charge in [0.1, 0.15) is 0 Å². The molecule has 0 unspecified atom stereocenters. The average molecular weight is 175 g/mol. The molecule has 1 aliphatic heterocycles. The van der Waals surface area contributed by atoms with Crippen molar-refractivity contribution in [1.82, 2.24) is 0 Å². The van der Waals surface area contributed by atoms with Gasteiger partial charge in [-0.25, -0.2) is 0 Å². The molecule has 2 rings (SSSR count). The number of nitrogens with zero attached hydrogens (tertiary/aromatic N) is 1. The van der Waals surface area contributed by atoms with Crippen molar-refractivity contribution in [1.29, 1.82) is 0 Å². The third-order valence-corrected chi connectivity index (χ3v) is 3.60. The van der Waals surface area contributed by atoms with Crippen molar-refractivity contribution in [2.75, 3.05) is 11.9 Å². The van der Waals surface area contributed by atoms with Crippen LogP contribution in [-0.2, 0) is 5.41 Å². The summed E-state index contributed by atoms with van der Waals surface area (Å²) in [6, 6.07) is 9.29. The summed E-state index contributed by atoms with van der Waals surface area (Å²) >= 11 is 0. The molecular weight excluding hydrogens is 158 g/mol. The smallest absolute Gasteiger partial charge is 0.0405 e. The molecule has 0 saturated heterocycles. The Morgan fingerprint density at radius 2 is 1.85 bits per heavy atom. The van der Waals surface area contributed by atoms with Crippen LogP contribution >= 0.6 is 0 Å². The molecule has 0 spiro atoms. The summed E-state index contributed by atoms with van der Waals surface area (Å²) in [5, 5.41) is 0. The molecule has 0 radical (unpaired) electrons. The van der Waals surface area contributed by atoms with E-state index in [0.717, 1.165) is 0 Å². The van der Waals surface area contributed by atoms with Crippen molar-refractivity contribution in [3.63, 3.8) is 0 Å². The van der Waals surface area contributed by atoms with Crippen molar-refractivity contribution in [2.45, 2.75) is 32.2 Å². The lowest BCUT2D eigenvalue weighted by molar-refractivity contribution is 0.454. The van der Waals surface area contributed by atoms with Crippen molar-refractivity contribution in [3.8, 4) is 0 Å². The summed E-state index contributed by atoms with van der Waals surface area (Å²) in [6.45, 7) is 6.93. The normalized spacial score (nSPS) is 24.6. The van der Waals surface area contributed by atoms with E-state index in [9.17, 15) is 0 Å². The SMILES string of the molecule is C[C@@H]1N(C)c2ccccc2C1(C)C. The number of anilines is 1. The monoisotopic (exact) mass is 175 g/mol. The van der Waals surface area contributed by atoms with E-state index in [4.69, 9.17) is 0 Å². The van der Waals surface area contributed by atoms with Crippen molar-refractivity contribution < 1.29 is 0 Å². The second kappa shape index (κ2) is 2.50. The zero-order chi connectivity index (χ0) is 9.64. The van der Waals surface area contributed by atoms with Gasteiger partial charge in [0.15, 0.2) is 0 Å². The van der Waals surface area contributed by atoms with Gasteiger partial charge in [0.25, 0.3) is 0 Å². The van der Waals surface area contributed by atoms with Gasteiger partial charge in [-0.15, -0.1) is 0 Å². The molecule has 13 heavy (non-hydrogen) atoms. The van der Waals surface area contributed by atoms with E-state index in [2.05, 4.69) is 57.0 Å². The Labute approximate surface area is 80.4 Å². The van der Waals surface area contributed by atoms with Crippen LogP contribution in [-0.4, -0.2) is 13.1 Å². The quantitative estimate of drug-likeness (QED) is 0.586. The highest BCUT2D eigenvalue weighted by Crippen LogP contribution is 2.43. The number of para-hydroxylation sites is 1. The summed E-state index contributed by atoms with van der Waals surface area (Å²) < 4.78 is 0. The topological polar surface area (TPSA) is 3.24 Å². The van der Waals surface area contributed by atoms with Crippen LogP contribution < -0.4 is 4.90 Å². The van der Waals surface area contributed by atoms with Gasteiger partial charge in [-0.05, 0) is 18.6 Å². The number of hydrogen-bond donors (Lipinski definition) is 0. The van der Waals surface area contributed by atoms with E-state index >= 15 is 0 Å². The molecule has 0 bridgehead atoms. The van der Waals surface area contributed by atoms with Crippen molar-refractivity contribution in [3.05, 3.63) is 29.8 Å². The first kappa shape index (κ1) is 8.61. The maximum absolute atomic E-state index is 2.37. The Hall–Kier alpha value is -0.980. The lowest BCUT2D eigenvalue weighted by Gasteiger charge is -2.28. The zero-order valence-electron chi connectivity index (χ0n) is 8.83. The van der Waals surface area contributed by atoms with E-state index in [1.165, 1.54) is 11.3 Å². The summed E-state index contributed by atoms with van der Waals surface area (Å²) in [6.07, 6.45) is 0. The first-order valence-corrected chi connectivity index (χ1v) is 4.87. The van der Waals surface area contributed by atoms with Crippen LogP contribution in [0.5, 0.6) is 0 Å². The second-order valence-electron chi connectivity index (χ2n) is 4.53. The lowest BCUT2D eigenvalue weighted by atomic mass is 9.81. The number of rotatable bonds is 0. The molecule has 1 aliphatic rings. The molecule has 0 N–H and O–H groups in total. The first-order valence-electron chi connectivity index (χ1n) is 4.87. The van der Waals surface area contributed by atoms with Gasteiger partial charge in [0.05, 0.1) is 0 Å². The van der Waals surface area contributed by atoms with E-state index in [1.807, 2.05) is 0 Å². The molecule has 1 nitrogen and oxygen atoms in total. The predicted octanol–water partition coefficient (Wildman–Crippen LogP) is 2.80. The highest BCUT2D eigenvalue weighted by atomic mass is 15.2. The fourth-order valence-corrected chi connectivity index (χ4v) is 2.24. The fraction of sp³-hybridized carbons (Fsp3) is 0.500. The van der Waals surface area contributed by atoms with Crippen LogP contribution in [0.15, 0.2) is 24.3 Å². The number of fused-ring (bicyclic) bond motifs is 1.